The molecule has 0 bridgehead atoms. The highest BCUT2D eigenvalue weighted by Gasteiger charge is 2.17. The highest BCUT2D eigenvalue weighted by atomic mass is 32.2. The van der Waals surface area contributed by atoms with Crippen molar-refractivity contribution < 1.29 is 4.79 Å². The quantitative estimate of drug-likeness (QED) is 0.643. The van der Waals surface area contributed by atoms with Gasteiger partial charge in [-0.1, -0.05) is 13.0 Å². The van der Waals surface area contributed by atoms with E-state index < -0.39 is 0 Å². The number of hydrogen-bond donors (Lipinski definition) is 1. The Labute approximate surface area is 120 Å². The lowest BCUT2D eigenvalue weighted by molar-refractivity contribution is 0.0741. The molecule has 0 heterocycles. The van der Waals surface area contributed by atoms with E-state index in [4.69, 9.17) is 5.73 Å². The second-order valence-corrected chi connectivity index (χ2v) is 6.22. The number of carbonyl (C=O) groups is 1. The highest BCUT2D eigenvalue weighted by Crippen LogP contribution is 2.16. The first-order valence-corrected chi connectivity index (χ1v) is 7.83. The van der Waals surface area contributed by atoms with E-state index in [1.54, 1.807) is 11.0 Å². The zero-order valence-corrected chi connectivity index (χ0v) is 13.1. The summed E-state index contributed by atoms with van der Waals surface area (Å²) in [4.78, 5) is 14.2. The fraction of sp³-hybridized carbons (Fsp3) is 0.533. The van der Waals surface area contributed by atoms with Crippen molar-refractivity contribution in [3.63, 3.8) is 0 Å². The highest BCUT2D eigenvalue weighted by molar-refractivity contribution is 7.99. The van der Waals surface area contributed by atoms with Gasteiger partial charge in [0.2, 0.25) is 0 Å². The van der Waals surface area contributed by atoms with Crippen LogP contribution in [-0.2, 0) is 0 Å². The predicted octanol–water partition coefficient (Wildman–Crippen LogP) is 3.18. The smallest absolute Gasteiger partial charge is 0.253 e. The third-order valence-electron chi connectivity index (χ3n) is 3.39. The van der Waals surface area contributed by atoms with Crippen molar-refractivity contribution in [2.24, 2.45) is 0 Å². The molecule has 0 aliphatic heterocycles. The summed E-state index contributed by atoms with van der Waals surface area (Å²) in [5.41, 5.74) is 8.21. The van der Waals surface area contributed by atoms with Crippen molar-refractivity contribution in [3.8, 4) is 0 Å². The van der Waals surface area contributed by atoms with E-state index in [9.17, 15) is 4.79 Å². The van der Waals surface area contributed by atoms with Crippen LogP contribution in [0.5, 0.6) is 0 Å². The Morgan fingerprint density at radius 2 is 2.16 bits per heavy atom. The average Bonchev–Trinajstić information content (AvgIpc) is 2.40. The zero-order valence-electron chi connectivity index (χ0n) is 12.3. The lowest BCUT2D eigenvalue weighted by Gasteiger charge is -2.25. The van der Waals surface area contributed by atoms with Crippen molar-refractivity contribution in [1.82, 2.24) is 4.90 Å². The molecule has 0 fully saturated rings. The number of benzene rings is 1. The van der Waals surface area contributed by atoms with Gasteiger partial charge < -0.3 is 10.6 Å². The lowest BCUT2D eigenvalue weighted by atomic mass is 10.1. The number of nitrogens with two attached hydrogens (primary N) is 1. The van der Waals surface area contributed by atoms with Crippen molar-refractivity contribution >= 4 is 23.4 Å². The third kappa shape index (κ3) is 4.46. The molecule has 0 aromatic heterocycles. The molecule has 0 spiro atoms. The third-order valence-corrected chi connectivity index (χ3v) is 4.32. The summed E-state index contributed by atoms with van der Waals surface area (Å²) < 4.78 is 0. The molecular formula is C15H24N2OS. The number of rotatable bonds is 6. The van der Waals surface area contributed by atoms with Crippen molar-refractivity contribution in [2.45, 2.75) is 33.2 Å². The molecule has 0 aliphatic rings. The number of hydrogen-bond acceptors (Lipinski definition) is 3. The molecule has 0 saturated carbocycles. The molecule has 0 radical (unpaired) electrons. The van der Waals surface area contributed by atoms with Gasteiger partial charge in [-0.25, -0.2) is 0 Å². The Balaban J connectivity index is 2.67. The number of carbonyl (C=O) groups excluding carboxylic acids is 1. The molecule has 0 aliphatic carbocycles. The molecule has 106 valence electrons. The number of nitrogens with zero attached hydrogens (tertiary/aromatic N) is 1. The van der Waals surface area contributed by atoms with E-state index in [0.717, 1.165) is 23.5 Å². The first kappa shape index (κ1) is 15.9. The van der Waals surface area contributed by atoms with Crippen LogP contribution in [0.15, 0.2) is 18.2 Å². The van der Waals surface area contributed by atoms with E-state index in [0.29, 0.717) is 11.3 Å². The molecule has 0 unspecified atom stereocenters. The number of amides is 1. The molecule has 1 atom stereocenters. The van der Waals surface area contributed by atoms with Gasteiger partial charge in [-0.15, -0.1) is 0 Å². The molecule has 1 aromatic rings. The predicted molar refractivity (Wildman–Crippen MR) is 84.8 cm³/mol. The molecule has 1 amide bonds. The Kier molecular flexibility index (Phi) is 6.22. The van der Waals surface area contributed by atoms with Gasteiger partial charge in [0.05, 0.1) is 0 Å². The maximum absolute atomic E-state index is 12.3. The van der Waals surface area contributed by atoms with Crippen molar-refractivity contribution in [1.29, 1.82) is 0 Å². The van der Waals surface area contributed by atoms with Gasteiger partial charge >= 0.3 is 0 Å². The summed E-state index contributed by atoms with van der Waals surface area (Å²) in [7, 11) is 1.86. The van der Waals surface area contributed by atoms with Gasteiger partial charge in [0.15, 0.2) is 0 Å². The minimum atomic E-state index is 0.0423. The van der Waals surface area contributed by atoms with Crippen LogP contribution >= 0.6 is 11.8 Å². The number of thioether (sulfide) groups is 1. The first-order chi connectivity index (χ1) is 8.97. The largest absolute Gasteiger partial charge is 0.398 e. The SMILES string of the molecule is CCSCC[C@H](C)N(C)C(=O)c1ccc(C)c(N)c1. The molecule has 4 heteroatoms. The van der Waals surface area contributed by atoms with Crippen LogP contribution in [0.2, 0.25) is 0 Å². The van der Waals surface area contributed by atoms with E-state index >= 15 is 0 Å². The number of aryl methyl sites for hydroxylation is 1. The molecule has 2 N–H and O–H groups in total. The fourth-order valence-corrected chi connectivity index (χ4v) is 2.57. The van der Waals surface area contributed by atoms with E-state index in [2.05, 4.69) is 13.8 Å². The fourth-order valence-electron chi connectivity index (χ4n) is 1.77. The van der Waals surface area contributed by atoms with E-state index in [1.165, 1.54) is 0 Å². The normalized spacial score (nSPS) is 12.2. The topological polar surface area (TPSA) is 46.3 Å². The second-order valence-electron chi connectivity index (χ2n) is 4.82. The number of anilines is 1. The Hall–Kier alpha value is -1.16. The van der Waals surface area contributed by atoms with Crippen LogP contribution in [0.4, 0.5) is 5.69 Å². The molecule has 3 nitrogen and oxygen atoms in total. The van der Waals surface area contributed by atoms with Crippen LogP contribution in [0.1, 0.15) is 36.2 Å². The summed E-state index contributed by atoms with van der Waals surface area (Å²) in [6.07, 6.45) is 1.02. The second kappa shape index (κ2) is 7.43. The zero-order chi connectivity index (χ0) is 14.4. The number of nitrogen functional groups attached to an aromatic ring is 1. The van der Waals surface area contributed by atoms with Gasteiger partial charge in [-0.3, -0.25) is 4.79 Å². The van der Waals surface area contributed by atoms with Gasteiger partial charge in [-0.05, 0) is 49.5 Å². The molecule has 1 rings (SSSR count). The van der Waals surface area contributed by atoms with Gasteiger partial charge in [0, 0.05) is 24.3 Å². The standard InChI is InChI=1S/C15H24N2OS/c1-5-19-9-8-12(3)17(4)15(18)13-7-6-11(2)14(16)10-13/h6-7,10,12H,5,8-9,16H2,1-4H3/t12-/m0/s1. The Morgan fingerprint density at radius 3 is 2.74 bits per heavy atom. The molecular weight excluding hydrogens is 256 g/mol. The summed E-state index contributed by atoms with van der Waals surface area (Å²) in [6.45, 7) is 6.18. The maximum Gasteiger partial charge on any atom is 0.253 e. The lowest BCUT2D eigenvalue weighted by Crippen LogP contribution is -2.35. The summed E-state index contributed by atoms with van der Waals surface area (Å²) in [5.74, 6) is 2.25. The first-order valence-electron chi connectivity index (χ1n) is 6.68. The van der Waals surface area contributed by atoms with Crippen LogP contribution in [0.25, 0.3) is 0 Å². The summed E-state index contributed by atoms with van der Waals surface area (Å²) in [6, 6.07) is 5.75. The summed E-state index contributed by atoms with van der Waals surface area (Å²) >= 11 is 1.91. The average molecular weight is 280 g/mol. The van der Waals surface area contributed by atoms with Crippen molar-refractivity contribution in [2.75, 3.05) is 24.3 Å². The van der Waals surface area contributed by atoms with E-state index in [-0.39, 0.29) is 11.9 Å². The van der Waals surface area contributed by atoms with Crippen LogP contribution in [0, 0.1) is 6.92 Å². The monoisotopic (exact) mass is 280 g/mol. The minimum absolute atomic E-state index is 0.0423. The Bertz CT molecular complexity index is 434. The molecule has 0 saturated heterocycles. The van der Waals surface area contributed by atoms with Gasteiger partial charge in [-0.2, -0.15) is 11.8 Å². The van der Waals surface area contributed by atoms with Crippen LogP contribution in [-0.4, -0.2) is 35.4 Å². The molecule has 1 aromatic carbocycles. The van der Waals surface area contributed by atoms with Crippen LogP contribution in [0.3, 0.4) is 0 Å². The van der Waals surface area contributed by atoms with E-state index in [1.807, 2.05) is 37.9 Å². The molecule has 19 heavy (non-hydrogen) atoms. The van der Waals surface area contributed by atoms with Crippen molar-refractivity contribution in [3.05, 3.63) is 29.3 Å². The minimum Gasteiger partial charge on any atom is -0.398 e. The summed E-state index contributed by atoms with van der Waals surface area (Å²) in [5, 5.41) is 0. The van der Waals surface area contributed by atoms with Gasteiger partial charge in [0.25, 0.3) is 5.91 Å². The van der Waals surface area contributed by atoms with Gasteiger partial charge in [0.1, 0.15) is 0 Å². The maximum atomic E-state index is 12.3. The Morgan fingerprint density at radius 1 is 1.47 bits per heavy atom. The van der Waals surface area contributed by atoms with Crippen LogP contribution < -0.4 is 5.73 Å².